The Kier molecular flexibility index (Phi) is 5.58. The summed E-state index contributed by atoms with van der Waals surface area (Å²) in [7, 11) is 0. The zero-order valence-corrected chi connectivity index (χ0v) is 15.4. The SMILES string of the molecule is CCCn1nc(C(=O)N/N=C(/C)c2ccc(F)c(F)c2)c2ccccc2c1=O. The molecule has 0 spiro atoms. The summed E-state index contributed by atoms with van der Waals surface area (Å²) in [5.41, 5.74) is 2.78. The second-order valence-electron chi connectivity index (χ2n) is 6.19. The Morgan fingerprint density at radius 1 is 1.14 bits per heavy atom. The van der Waals surface area contributed by atoms with E-state index in [1.807, 2.05) is 6.92 Å². The van der Waals surface area contributed by atoms with Crippen molar-refractivity contribution in [2.24, 2.45) is 5.10 Å². The average Bonchev–Trinajstić information content (AvgIpc) is 2.70. The van der Waals surface area contributed by atoms with Crippen molar-refractivity contribution in [3.63, 3.8) is 0 Å². The zero-order chi connectivity index (χ0) is 20.3. The molecule has 0 aliphatic rings. The van der Waals surface area contributed by atoms with E-state index in [4.69, 9.17) is 0 Å². The molecule has 8 heteroatoms. The summed E-state index contributed by atoms with van der Waals surface area (Å²) in [5, 5.41) is 8.93. The van der Waals surface area contributed by atoms with Crippen LogP contribution in [0.3, 0.4) is 0 Å². The molecule has 1 aromatic heterocycles. The molecular weight excluding hydrogens is 366 g/mol. The van der Waals surface area contributed by atoms with Gasteiger partial charge in [-0.1, -0.05) is 25.1 Å². The van der Waals surface area contributed by atoms with E-state index in [9.17, 15) is 18.4 Å². The fraction of sp³-hybridized carbons (Fsp3) is 0.200. The highest BCUT2D eigenvalue weighted by Crippen LogP contribution is 2.14. The van der Waals surface area contributed by atoms with E-state index in [1.54, 1.807) is 31.2 Å². The molecule has 0 atom stereocenters. The molecule has 1 amide bonds. The lowest BCUT2D eigenvalue weighted by molar-refractivity contribution is 0.0949. The number of carbonyl (C=O) groups is 1. The maximum atomic E-state index is 13.4. The lowest BCUT2D eigenvalue weighted by Gasteiger charge is -2.09. The van der Waals surface area contributed by atoms with Crippen LogP contribution in [0.15, 0.2) is 52.4 Å². The minimum absolute atomic E-state index is 0.0606. The largest absolute Gasteiger partial charge is 0.292 e. The number of hydrogen-bond acceptors (Lipinski definition) is 4. The van der Waals surface area contributed by atoms with Crippen LogP contribution in [0.5, 0.6) is 0 Å². The monoisotopic (exact) mass is 384 g/mol. The second-order valence-corrected chi connectivity index (χ2v) is 6.19. The van der Waals surface area contributed by atoms with E-state index >= 15 is 0 Å². The standard InChI is InChI=1S/C20H18F2N4O2/c1-3-10-26-20(28)15-7-5-4-6-14(15)18(25-26)19(27)24-23-12(2)13-8-9-16(21)17(22)11-13/h4-9,11H,3,10H2,1-2H3,(H,24,27)/b23-12-. The maximum Gasteiger partial charge on any atom is 0.292 e. The summed E-state index contributed by atoms with van der Waals surface area (Å²) in [6.45, 7) is 3.83. The molecule has 3 aromatic rings. The maximum absolute atomic E-state index is 13.4. The van der Waals surface area contributed by atoms with Crippen LogP contribution in [0, 0.1) is 11.6 Å². The van der Waals surface area contributed by atoms with E-state index in [2.05, 4.69) is 15.6 Å². The summed E-state index contributed by atoms with van der Waals surface area (Å²) in [5.74, 6) is -2.57. The van der Waals surface area contributed by atoms with Crippen LogP contribution < -0.4 is 11.0 Å². The Labute approximate surface area is 159 Å². The Morgan fingerprint density at radius 3 is 2.54 bits per heavy atom. The van der Waals surface area contributed by atoms with E-state index < -0.39 is 17.5 Å². The van der Waals surface area contributed by atoms with Crippen LogP contribution in [0.1, 0.15) is 36.3 Å². The van der Waals surface area contributed by atoms with Crippen molar-refractivity contribution >= 4 is 22.4 Å². The summed E-state index contributed by atoms with van der Waals surface area (Å²) in [6, 6.07) is 10.0. The fourth-order valence-corrected chi connectivity index (χ4v) is 2.74. The summed E-state index contributed by atoms with van der Waals surface area (Å²) >= 11 is 0. The number of halogens is 2. The first-order valence-corrected chi connectivity index (χ1v) is 8.72. The van der Waals surface area contributed by atoms with Gasteiger partial charge in [0, 0.05) is 17.5 Å². The van der Waals surface area contributed by atoms with E-state index in [1.165, 1.54) is 10.7 Å². The number of amides is 1. The molecule has 0 bridgehead atoms. The van der Waals surface area contributed by atoms with Gasteiger partial charge in [-0.05, 0) is 37.6 Å². The lowest BCUT2D eigenvalue weighted by Crippen LogP contribution is -2.29. The molecule has 0 aliphatic carbocycles. The quantitative estimate of drug-likeness (QED) is 0.542. The third-order valence-corrected chi connectivity index (χ3v) is 4.18. The molecule has 2 aromatic carbocycles. The Hall–Kier alpha value is -3.42. The van der Waals surface area contributed by atoms with Gasteiger partial charge >= 0.3 is 0 Å². The van der Waals surface area contributed by atoms with Crippen LogP contribution in [0.2, 0.25) is 0 Å². The molecule has 0 unspecified atom stereocenters. The number of nitrogens with zero attached hydrogens (tertiary/aromatic N) is 3. The minimum Gasteiger partial charge on any atom is -0.267 e. The van der Waals surface area contributed by atoms with Crippen molar-refractivity contribution < 1.29 is 13.6 Å². The van der Waals surface area contributed by atoms with Crippen molar-refractivity contribution in [2.75, 3.05) is 0 Å². The topological polar surface area (TPSA) is 76.3 Å². The normalized spacial score (nSPS) is 11.6. The Bertz CT molecular complexity index is 1140. The minimum atomic E-state index is -1.00. The van der Waals surface area contributed by atoms with Crippen LogP contribution in [0.4, 0.5) is 8.78 Å². The molecule has 1 heterocycles. The number of nitrogens with one attached hydrogen (secondary N) is 1. The number of hydrazone groups is 1. The average molecular weight is 384 g/mol. The van der Waals surface area contributed by atoms with Gasteiger partial charge in [0.1, 0.15) is 0 Å². The van der Waals surface area contributed by atoms with Gasteiger partial charge in [-0.3, -0.25) is 9.59 Å². The number of aryl methyl sites for hydroxylation is 1. The van der Waals surface area contributed by atoms with Gasteiger partial charge in [-0.25, -0.2) is 18.9 Å². The second kappa shape index (κ2) is 8.08. The Morgan fingerprint density at radius 2 is 1.86 bits per heavy atom. The first kappa shape index (κ1) is 19.3. The molecule has 6 nitrogen and oxygen atoms in total. The van der Waals surface area contributed by atoms with Gasteiger partial charge in [0.2, 0.25) is 0 Å². The van der Waals surface area contributed by atoms with E-state index in [0.29, 0.717) is 35.0 Å². The first-order valence-electron chi connectivity index (χ1n) is 8.72. The summed E-state index contributed by atoms with van der Waals surface area (Å²) < 4.78 is 27.7. The van der Waals surface area contributed by atoms with Crippen molar-refractivity contribution in [1.82, 2.24) is 15.2 Å². The molecule has 0 aliphatic heterocycles. The first-order chi connectivity index (χ1) is 13.4. The van der Waals surface area contributed by atoms with Crippen LogP contribution in [0.25, 0.3) is 10.8 Å². The number of carbonyl (C=O) groups excluding carboxylic acids is 1. The lowest BCUT2D eigenvalue weighted by atomic mass is 10.1. The smallest absolute Gasteiger partial charge is 0.267 e. The number of aromatic nitrogens is 2. The summed E-state index contributed by atoms with van der Waals surface area (Å²) in [4.78, 5) is 25.1. The summed E-state index contributed by atoms with van der Waals surface area (Å²) in [6.07, 6.45) is 0.680. The van der Waals surface area contributed by atoms with Crippen LogP contribution in [-0.4, -0.2) is 21.4 Å². The third-order valence-electron chi connectivity index (χ3n) is 4.18. The van der Waals surface area contributed by atoms with Gasteiger partial charge in [0.25, 0.3) is 11.5 Å². The highest BCUT2D eigenvalue weighted by molar-refractivity contribution is 6.06. The molecule has 0 saturated carbocycles. The highest BCUT2D eigenvalue weighted by atomic mass is 19.2. The van der Waals surface area contributed by atoms with Gasteiger partial charge in [0.15, 0.2) is 17.3 Å². The zero-order valence-electron chi connectivity index (χ0n) is 15.4. The fourth-order valence-electron chi connectivity index (χ4n) is 2.74. The molecule has 1 N–H and O–H groups in total. The van der Waals surface area contributed by atoms with Crippen LogP contribution >= 0.6 is 0 Å². The molecule has 28 heavy (non-hydrogen) atoms. The molecular formula is C20H18F2N4O2. The number of hydrogen-bond donors (Lipinski definition) is 1. The molecule has 0 radical (unpaired) electrons. The Balaban J connectivity index is 1.96. The van der Waals surface area contributed by atoms with Gasteiger partial charge in [0.05, 0.1) is 11.1 Å². The van der Waals surface area contributed by atoms with Crippen molar-refractivity contribution in [3.8, 4) is 0 Å². The van der Waals surface area contributed by atoms with Gasteiger partial charge in [-0.2, -0.15) is 10.2 Å². The molecule has 0 saturated heterocycles. The van der Waals surface area contributed by atoms with E-state index in [0.717, 1.165) is 12.1 Å². The predicted octanol–water partition coefficient (Wildman–Crippen LogP) is 3.24. The number of fused-ring (bicyclic) bond motifs is 1. The van der Waals surface area contributed by atoms with Crippen molar-refractivity contribution in [3.05, 3.63) is 75.7 Å². The molecule has 144 valence electrons. The van der Waals surface area contributed by atoms with Crippen LogP contribution in [-0.2, 0) is 6.54 Å². The van der Waals surface area contributed by atoms with Crippen molar-refractivity contribution in [2.45, 2.75) is 26.8 Å². The van der Waals surface area contributed by atoms with Gasteiger partial charge in [-0.15, -0.1) is 0 Å². The molecule has 3 rings (SSSR count). The highest BCUT2D eigenvalue weighted by Gasteiger charge is 2.16. The number of rotatable bonds is 5. The third kappa shape index (κ3) is 3.80. The predicted molar refractivity (Wildman–Crippen MR) is 102 cm³/mol. The van der Waals surface area contributed by atoms with E-state index in [-0.39, 0.29) is 11.3 Å². The number of benzene rings is 2. The van der Waals surface area contributed by atoms with Gasteiger partial charge < -0.3 is 0 Å². The van der Waals surface area contributed by atoms with Crippen molar-refractivity contribution in [1.29, 1.82) is 0 Å². The molecule has 0 fully saturated rings.